The minimum Gasteiger partial charge on any atom is -0.368 e. The Morgan fingerprint density at radius 2 is 1.81 bits per heavy atom. The molecule has 0 aliphatic carbocycles. The van der Waals surface area contributed by atoms with Gasteiger partial charge in [-0.1, -0.05) is 18.2 Å². The van der Waals surface area contributed by atoms with E-state index in [2.05, 4.69) is 5.32 Å². The lowest BCUT2D eigenvalue weighted by Crippen LogP contribution is -2.43. The fourth-order valence-corrected chi connectivity index (χ4v) is 3.97. The van der Waals surface area contributed by atoms with Crippen molar-refractivity contribution in [3.8, 4) is 0 Å². The van der Waals surface area contributed by atoms with Crippen molar-refractivity contribution >= 4 is 40.2 Å². The molecule has 2 aliphatic heterocycles. The Balaban J connectivity index is 1.44. The summed E-state index contributed by atoms with van der Waals surface area (Å²) in [6.45, 7) is 1.76. The van der Waals surface area contributed by atoms with E-state index in [-0.39, 0.29) is 11.8 Å². The number of aromatic nitrogens is 2. The Bertz CT molecular complexity index is 1160. The van der Waals surface area contributed by atoms with Crippen LogP contribution in [0.1, 0.15) is 23.2 Å². The van der Waals surface area contributed by atoms with Crippen LogP contribution >= 0.6 is 0 Å². The molecule has 8 heteroatoms. The van der Waals surface area contributed by atoms with E-state index >= 15 is 0 Å². The number of nitrogens with zero attached hydrogens (tertiary/aromatic N) is 4. The van der Waals surface area contributed by atoms with Gasteiger partial charge in [0, 0.05) is 38.0 Å². The quantitative estimate of drug-likeness (QED) is 0.705. The molecule has 2 amide bonds. The maximum absolute atomic E-state index is 13.4. The van der Waals surface area contributed by atoms with Crippen molar-refractivity contribution in [1.29, 1.82) is 0 Å². The fourth-order valence-electron chi connectivity index (χ4n) is 3.97. The summed E-state index contributed by atoms with van der Waals surface area (Å²) >= 11 is 0. The van der Waals surface area contributed by atoms with E-state index in [0.717, 1.165) is 23.9 Å². The van der Waals surface area contributed by atoms with Crippen LogP contribution in [-0.2, 0) is 9.53 Å². The summed E-state index contributed by atoms with van der Waals surface area (Å²) in [4.78, 5) is 38.9. The van der Waals surface area contributed by atoms with E-state index in [0.29, 0.717) is 42.6 Å². The molecule has 1 saturated heterocycles. The second-order valence-electron chi connectivity index (χ2n) is 7.81. The van der Waals surface area contributed by atoms with E-state index < -0.39 is 6.10 Å². The molecule has 158 valence electrons. The summed E-state index contributed by atoms with van der Waals surface area (Å²) in [5, 5.41) is 2.86. The van der Waals surface area contributed by atoms with Crippen LogP contribution in [0.5, 0.6) is 0 Å². The largest absolute Gasteiger partial charge is 0.368 e. The van der Waals surface area contributed by atoms with Crippen molar-refractivity contribution in [2.75, 3.05) is 41.9 Å². The average Bonchev–Trinajstić information content (AvgIpc) is 3.33. The number of anilines is 3. The molecule has 5 rings (SSSR count). The van der Waals surface area contributed by atoms with E-state index in [9.17, 15) is 9.59 Å². The van der Waals surface area contributed by atoms with Gasteiger partial charge in [0.15, 0.2) is 11.6 Å². The van der Waals surface area contributed by atoms with Crippen LogP contribution in [0.2, 0.25) is 0 Å². The van der Waals surface area contributed by atoms with Crippen molar-refractivity contribution in [3.05, 3.63) is 54.1 Å². The third-order valence-corrected chi connectivity index (χ3v) is 5.66. The number of amides is 2. The van der Waals surface area contributed by atoms with Crippen LogP contribution in [0.25, 0.3) is 11.0 Å². The van der Waals surface area contributed by atoms with Crippen molar-refractivity contribution in [3.63, 3.8) is 0 Å². The predicted molar refractivity (Wildman–Crippen MR) is 119 cm³/mol. The van der Waals surface area contributed by atoms with Gasteiger partial charge in [0.2, 0.25) is 0 Å². The smallest absolute Gasteiger partial charge is 0.259 e. The van der Waals surface area contributed by atoms with Gasteiger partial charge in [0.05, 0.1) is 11.0 Å². The molecular formula is C23H23N5O3. The molecule has 1 fully saturated rings. The van der Waals surface area contributed by atoms with E-state index in [1.807, 2.05) is 36.2 Å². The molecule has 3 aromatic rings. The van der Waals surface area contributed by atoms with Gasteiger partial charge in [-0.2, -0.15) is 0 Å². The van der Waals surface area contributed by atoms with E-state index in [4.69, 9.17) is 14.7 Å². The number of carbonyl (C=O) groups is 2. The van der Waals surface area contributed by atoms with Gasteiger partial charge in [-0.15, -0.1) is 0 Å². The van der Waals surface area contributed by atoms with Gasteiger partial charge in [-0.3, -0.25) is 14.5 Å². The highest BCUT2D eigenvalue weighted by atomic mass is 16.5. The Hall–Kier alpha value is -3.52. The van der Waals surface area contributed by atoms with E-state index in [1.54, 1.807) is 29.2 Å². The number of benzene rings is 2. The second-order valence-corrected chi connectivity index (χ2v) is 7.81. The molecule has 31 heavy (non-hydrogen) atoms. The first-order valence-corrected chi connectivity index (χ1v) is 10.4. The summed E-state index contributed by atoms with van der Waals surface area (Å²) < 4.78 is 5.44. The summed E-state index contributed by atoms with van der Waals surface area (Å²) in [5.41, 5.74) is 2.59. The monoisotopic (exact) mass is 417 g/mol. The predicted octanol–water partition coefficient (Wildman–Crippen LogP) is 2.84. The highest BCUT2D eigenvalue weighted by Crippen LogP contribution is 2.31. The van der Waals surface area contributed by atoms with Crippen molar-refractivity contribution in [2.45, 2.75) is 18.9 Å². The summed E-state index contributed by atoms with van der Waals surface area (Å²) in [6, 6.07) is 14.6. The number of fused-ring (bicyclic) bond motifs is 2. The number of likely N-dealkylation sites (N-methyl/N-ethyl adjacent to an activating group) is 1. The van der Waals surface area contributed by atoms with Crippen LogP contribution in [0.15, 0.2) is 48.5 Å². The van der Waals surface area contributed by atoms with Crippen LogP contribution < -0.4 is 15.1 Å². The van der Waals surface area contributed by atoms with Gasteiger partial charge in [-0.05, 0) is 43.2 Å². The molecule has 3 heterocycles. The lowest BCUT2D eigenvalue weighted by Gasteiger charge is -2.33. The van der Waals surface area contributed by atoms with E-state index in [1.165, 1.54) is 0 Å². The molecule has 1 atom stereocenters. The van der Waals surface area contributed by atoms with Crippen molar-refractivity contribution in [2.24, 2.45) is 0 Å². The maximum Gasteiger partial charge on any atom is 0.259 e. The maximum atomic E-state index is 13.4. The Kier molecular flexibility index (Phi) is 4.99. The first kappa shape index (κ1) is 19.4. The van der Waals surface area contributed by atoms with Gasteiger partial charge in [-0.25, -0.2) is 9.97 Å². The molecular weight excluding hydrogens is 394 g/mol. The number of para-hydroxylation sites is 2. The zero-order chi connectivity index (χ0) is 21.4. The molecule has 0 bridgehead atoms. The molecule has 1 unspecified atom stereocenters. The number of ether oxygens (including phenoxy) is 1. The first-order chi connectivity index (χ1) is 15.1. The van der Waals surface area contributed by atoms with Crippen LogP contribution in [-0.4, -0.2) is 54.6 Å². The molecule has 0 saturated carbocycles. The number of hydrogen-bond donors (Lipinski definition) is 1. The SMILES string of the molecule is CN1CCN(C(=O)c2cccc(NC(=O)C3CCCO3)c2)c2nc3ccccc3nc21. The first-order valence-electron chi connectivity index (χ1n) is 10.4. The van der Waals surface area contributed by atoms with Crippen LogP contribution in [0.3, 0.4) is 0 Å². The highest BCUT2D eigenvalue weighted by molar-refractivity contribution is 6.08. The summed E-state index contributed by atoms with van der Waals surface area (Å²) in [7, 11) is 1.95. The molecule has 1 N–H and O–H groups in total. The Morgan fingerprint density at radius 3 is 2.55 bits per heavy atom. The number of nitrogens with one attached hydrogen (secondary N) is 1. The van der Waals surface area contributed by atoms with Crippen LogP contribution in [0.4, 0.5) is 17.3 Å². The highest BCUT2D eigenvalue weighted by Gasteiger charge is 2.29. The van der Waals surface area contributed by atoms with Crippen molar-refractivity contribution in [1.82, 2.24) is 9.97 Å². The summed E-state index contributed by atoms with van der Waals surface area (Å²) in [5.74, 6) is 0.879. The molecule has 0 radical (unpaired) electrons. The van der Waals surface area contributed by atoms with Crippen molar-refractivity contribution < 1.29 is 14.3 Å². The van der Waals surface area contributed by atoms with Gasteiger partial charge in [0.1, 0.15) is 6.10 Å². The topological polar surface area (TPSA) is 87.7 Å². The second kappa shape index (κ2) is 7.96. The third-order valence-electron chi connectivity index (χ3n) is 5.66. The van der Waals surface area contributed by atoms with Gasteiger partial charge in [0.25, 0.3) is 11.8 Å². The lowest BCUT2D eigenvalue weighted by molar-refractivity contribution is -0.124. The average molecular weight is 417 g/mol. The number of hydrogen-bond acceptors (Lipinski definition) is 6. The molecule has 1 aromatic heterocycles. The Morgan fingerprint density at radius 1 is 1.03 bits per heavy atom. The standard InChI is InChI=1S/C23H23N5O3/c1-27-11-12-28(21-20(27)25-17-8-2-3-9-18(17)26-21)23(30)15-6-4-7-16(14-15)24-22(29)19-10-5-13-31-19/h2-4,6-9,14,19H,5,10-13H2,1H3,(H,24,29). The molecule has 0 spiro atoms. The molecule has 2 aromatic carbocycles. The minimum absolute atomic E-state index is 0.174. The van der Waals surface area contributed by atoms with Gasteiger partial charge < -0.3 is 15.0 Å². The lowest BCUT2D eigenvalue weighted by atomic mass is 10.1. The molecule has 2 aliphatic rings. The van der Waals surface area contributed by atoms with Crippen LogP contribution in [0, 0.1) is 0 Å². The number of carbonyl (C=O) groups excluding carboxylic acids is 2. The zero-order valence-electron chi connectivity index (χ0n) is 17.2. The summed E-state index contributed by atoms with van der Waals surface area (Å²) in [6.07, 6.45) is 1.18. The third kappa shape index (κ3) is 3.70. The normalized spacial score (nSPS) is 18.2. The number of rotatable bonds is 3. The molecule has 8 nitrogen and oxygen atoms in total. The fraction of sp³-hybridized carbons (Fsp3) is 0.304. The minimum atomic E-state index is -0.424. The Labute approximate surface area is 179 Å². The zero-order valence-corrected chi connectivity index (χ0v) is 17.2. The van der Waals surface area contributed by atoms with Gasteiger partial charge >= 0.3 is 0 Å².